The largest absolute Gasteiger partial charge is 0.504 e. The molecule has 1 atom stereocenters. The van der Waals surface area contributed by atoms with Crippen molar-refractivity contribution < 1.29 is 24.2 Å². The first-order valence-corrected chi connectivity index (χ1v) is 11.7. The molecule has 0 bridgehead atoms. The molecule has 0 saturated heterocycles. The van der Waals surface area contributed by atoms with Gasteiger partial charge in [0.1, 0.15) is 11.8 Å². The highest BCUT2D eigenvalue weighted by molar-refractivity contribution is 6.30. The van der Waals surface area contributed by atoms with Gasteiger partial charge in [0, 0.05) is 10.6 Å². The molecule has 0 aliphatic carbocycles. The molecule has 2 aromatic carbocycles. The molecular weight excluding hydrogens is 470 g/mol. The number of carbonyl (C=O) groups is 2. The van der Waals surface area contributed by atoms with Gasteiger partial charge in [-0.3, -0.25) is 9.59 Å². The van der Waals surface area contributed by atoms with Crippen LogP contribution in [-0.2, 0) is 16.0 Å². The van der Waals surface area contributed by atoms with Gasteiger partial charge in [-0.2, -0.15) is 5.10 Å². The number of hydrogen-bond acceptors (Lipinski definition) is 6. The summed E-state index contributed by atoms with van der Waals surface area (Å²) in [5, 5.41) is 17.6. The number of rotatable bonds is 13. The van der Waals surface area contributed by atoms with Gasteiger partial charge in [0.15, 0.2) is 18.1 Å². The predicted octanol–water partition coefficient (Wildman–Crippen LogP) is 4.23. The minimum absolute atomic E-state index is 0.0495. The Morgan fingerprint density at radius 2 is 1.91 bits per heavy atom. The molecule has 2 aromatic rings. The minimum atomic E-state index is -0.788. The zero-order valence-corrected chi connectivity index (χ0v) is 21.0. The van der Waals surface area contributed by atoms with E-state index in [4.69, 9.17) is 21.1 Å². The maximum Gasteiger partial charge on any atom is 0.262 e. The Morgan fingerprint density at radius 3 is 2.54 bits per heavy atom. The Hall–Kier alpha value is -3.52. The Balaban J connectivity index is 2.02. The Bertz CT molecular complexity index is 1040. The molecule has 0 heterocycles. The van der Waals surface area contributed by atoms with Gasteiger partial charge < -0.3 is 19.9 Å². The number of hydrogen-bond donors (Lipinski definition) is 3. The van der Waals surface area contributed by atoms with E-state index in [0.29, 0.717) is 47.1 Å². The van der Waals surface area contributed by atoms with E-state index in [1.165, 1.54) is 6.21 Å². The van der Waals surface area contributed by atoms with Gasteiger partial charge in [-0.25, -0.2) is 5.43 Å². The predicted molar refractivity (Wildman–Crippen MR) is 137 cm³/mol. The zero-order valence-electron chi connectivity index (χ0n) is 20.2. The summed E-state index contributed by atoms with van der Waals surface area (Å²) in [7, 11) is 0. The van der Waals surface area contributed by atoms with Crippen LogP contribution in [0.5, 0.6) is 17.2 Å². The van der Waals surface area contributed by atoms with Crippen molar-refractivity contribution in [3.8, 4) is 17.2 Å². The number of phenols is 1. The molecular formula is C26H32ClN3O5. The minimum Gasteiger partial charge on any atom is -0.504 e. The van der Waals surface area contributed by atoms with Crippen molar-refractivity contribution in [3.63, 3.8) is 0 Å². The third kappa shape index (κ3) is 9.33. The molecule has 35 heavy (non-hydrogen) atoms. The lowest BCUT2D eigenvalue weighted by atomic mass is 10.0. The second-order valence-electron chi connectivity index (χ2n) is 8.18. The Labute approximate surface area is 211 Å². The highest BCUT2D eigenvalue weighted by atomic mass is 35.5. The fourth-order valence-electron chi connectivity index (χ4n) is 3.21. The van der Waals surface area contributed by atoms with Crippen molar-refractivity contribution in [2.75, 3.05) is 13.2 Å². The molecule has 0 saturated carbocycles. The first-order valence-electron chi connectivity index (χ1n) is 11.3. The number of halogens is 1. The maximum atomic E-state index is 12.7. The quantitative estimate of drug-likeness (QED) is 0.216. The second-order valence-corrected chi connectivity index (χ2v) is 8.62. The summed E-state index contributed by atoms with van der Waals surface area (Å²) in [4.78, 5) is 25.1. The number of allylic oxidation sites excluding steroid dienone is 1. The van der Waals surface area contributed by atoms with Crippen LogP contribution in [0.25, 0.3) is 0 Å². The van der Waals surface area contributed by atoms with E-state index in [-0.39, 0.29) is 18.3 Å². The number of amides is 2. The summed E-state index contributed by atoms with van der Waals surface area (Å²) in [5.74, 6) is 0.136. The van der Waals surface area contributed by atoms with E-state index in [9.17, 15) is 14.7 Å². The van der Waals surface area contributed by atoms with Crippen molar-refractivity contribution in [2.24, 2.45) is 11.0 Å². The molecule has 0 unspecified atom stereocenters. The van der Waals surface area contributed by atoms with E-state index in [1.54, 1.807) is 42.5 Å². The third-order valence-corrected chi connectivity index (χ3v) is 5.02. The van der Waals surface area contributed by atoms with Gasteiger partial charge in [-0.1, -0.05) is 31.5 Å². The topological polar surface area (TPSA) is 109 Å². The van der Waals surface area contributed by atoms with Gasteiger partial charge in [0.2, 0.25) is 0 Å². The number of hydrazone groups is 1. The van der Waals surface area contributed by atoms with Crippen LogP contribution in [0.3, 0.4) is 0 Å². The van der Waals surface area contributed by atoms with Crippen LogP contribution < -0.4 is 20.2 Å². The van der Waals surface area contributed by atoms with Crippen molar-refractivity contribution in [3.05, 3.63) is 65.2 Å². The average Bonchev–Trinajstić information content (AvgIpc) is 2.81. The summed E-state index contributed by atoms with van der Waals surface area (Å²) in [5.41, 5.74) is 3.73. The summed E-state index contributed by atoms with van der Waals surface area (Å²) < 4.78 is 10.9. The van der Waals surface area contributed by atoms with E-state index < -0.39 is 17.9 Å². The molecule has 2 rings (SSSR count). The molecule has 9 heteroatoms. The monoisotopic (exact) mass is 501 g/mol. The summed E-state index contributed by atoms with van der Waals surface area (Å²) in [6.07, 6.45) is 3.99. The average molecular weight is 502 g/mol. The van der Waals surface area contributed by atoms with Crippen LogP contribution in [0.1, 0.15) is 38.3 Å². The summed E-state index contributed by atoms with van der Waals surface area (Å²) in [6, 6.07) is 9.20. The van der Waals surface area contributed by atoms with Crippen LogP contribution in [0.2, 0.25) is 5.02 Å². The number of benzene rings is 2. The standard InChI is InChI=1S/C26H32ClN3O5/c1-5-7-19-13-18(14-23(25(19)32)34-6-2)15-28-30-26(33)22(12-17(3)4)29-24(31)16-35-21-10-8-20(27)9-11-21/h5,8-11,13-15,17,22,32H,1,6-7,12,16H2,2-4H3,(H,29,31)(H,30,33)/b28-15-/t22-/m0/s1. The van der Waals surface area contributed by atoms with E-state index in [0.717, 1.165) is 0 Å². The summed E-state index contributed by atoms with van der Waals surface area (Å²) >= 11 is 5.85. The third-order valence-electron chi connectivity index (χ3n) is 4.77. The van der Waals surface area contributed by atoms with Gasteiger partial charge in [-0.15, -0.1) is 6.58 Å². The highest BCUT2D eigenvalue weighted by Gasteiger charge is 2.22. The number of ether oxygens (including phenoxy) is 2. The number of nitrogens with zero attached hydrogens (tertiary/aromatic N) is 1. The fraction of sp³-hybridized carbons (Fsp3) is 0.346. The first kappa shape index (κ1) is 27.7. The zero-order chi connectivity index (χ0) is 25.8. The molecule has 188 valence electrons. The van der Waals surface area contributed by atoms with E-state index in [2.05, 4.69) is 22.4 Å². The van der Waals surface area contributed by atoms with E-state index >= 15 is 0 Å². The second kappa shape index (κ2) is 14.0. The van der Waals surface area contributed by atoms with Crippen LogP contribution in [0.15, 0.2) is 54.2 Å². The van der Waals surface area contributed by atoms with E-state index in [1.807, 2.05) is 20.8 Å². The molecule has 2 amide bonds. The lowest BCUT2D eigenvalue weighted by Gasteiger charge is -2.19. The smallest absolute Gasteiger partial charge is 0.262 e. The highest BCUT2D eigenvalue weighted by Crippen LogP contribution is 2.32. The summed E-state index contributed by atoms with van der Waals surface area (Å²) in [6.45, 7) is 9.56. The first-order chi connectivity index (χ1) is 16.7. The normalized spacial score (nSPS) is 11.8. The van der Waals surface area contributed by atoms with Crippen LogP contribution in [0, 0.1) is 5.92 Å². The molecule has 0 fully saturated rings. The van der Waals surface area contributed by atoms with Crippen LogP contribution in [0.4, 0.5) is 0 Å². The number of phenolic OH excluding ortho intramolecular Hbond substituents is 1. The van der Waals surface area contributed by atoms with Gasteiger partial charge in [-0.05, 0) is 67.6 Å². The van der Waals surface area contributed by atoms with Gasteiger partial charge in [0.25, 0.3) is 11.8 Å². The molecule has 0 aliphatic rings. The van der Waals surface area contributed by atoms with Gasteiger partial charge in [0.05, 0.1) is 12.8 Å². The molecule has 0 aromatic heterocycles. The maximum absolute atomic E-state index is 12.7. The molecule has 8 nitrogen and oxygen atoms in total. The number of aromatic hydroxyl groups is 1. The Morgan fingerprint density at radius 1 is 1.20 bits per heavy atom. The molecule has 3 N–H and O–H groups in total. The van der Waals surface area contributed by atoms with Crippen molar-refractivity contribution in [1.29, 1.82) is 0 Å². The van der Waals surface area contributed by atoms with Crippen molar-refractivity contribution >= 4 is 29.6 Å². The lowest BCUT2D eigenvalue weighted by Crippen LogP contribution is -2.47. The van der Waals surface area contributed by atoms with Crippen molar-refractivity contribution in [1.82, 2.24) is 10.7 Å². The van der Waals surface area contributed by atoms with Crippen molar-refractivity contribution in [2.45, 2.75) is 39.7 Å². The fourth-order valence-corrected chi connectivity index (χ4v) is 3.33. The van der Waals surface area contributed by atoms with Gasteiger partial charge >= 0.3 is 0 Å². The number of carbonyl (C=O) groups excluding carboxylic acids is 2. The molecule has 0 aliphatic heterocycles. The Kier molecular flexibility index (Phi) is 11.1. The van der Waals surface area contributed by atoms with Crippen LogP contribution in [-0.4, -0.2) is 42.4 Å². The number of nitrogens with one attached hydrogen (secondary N) is 2. The molecule has 0 spiro atoms. The SMILES string of the molecule is C=CCc1cc(/C=N\NC(=O)[C@H](CC(C)C)NC(=O)COc2ccc(Cl)cc2)cc(OCC)c1O. The lowest BCUT2D eigenvalue weighted by molar-refractivity contribution is -0.130. The molecule has 0 radical (unpaired) electrons. The van der Waals surface area contributed by atoms with Crippen LogP contribution >= 0.6 is 11.6 Å².